The van der Waals surface area contributed by atoms with Crippen molar-refractivity contribution in [2.75, 3.05) is 0 Å². The number of aryl methyl sites for hydroxylation is 2. The minimum Gasteiger partial charge on any atom is -0.408 e. The highest BCUT2D eigenvalue weighted by molar-refractivity contribution is 5.98. The molecule has 0 aliphatic carbocycles. The van der Waals surface area contributed by atoms with Crippen LogP contribution in [0.5, 0.6) is 0 Å². The molecule has 4 rings (SSSR count). The molecule has 0 atom stereocenters. The molecule has 0 aliphatic heterocycles. The number of nitrogens with zero attached hydrogens (tertiary/aromatic N) is 4. The highest BCUT2D eigenvalue weighted by atomic mass is 16.6. The van der Waals surface area contributed by atoms with Crippen LogP contribution in [0, 0.1) is 30.9 Å². The summed E-state index contributed by atoms with van der Waals surface area (Å²) >= 11 is 0. The molecule has 0 bridgehead atoms. The maximum absolute atomic E-state index is 13.0. The Morgan fingerprint density at radius 1 is 1.21 bits per heavy atom. The quantitative estimate of drug-likeness (QED) is 0.288. The first kappa shape index (κ1) is 18.4. The Morgan fingerprint density at radius 3 is 2.62 bits per heavy atom. The largest absolute Gasteiger partial charge is 0.420 e. The van der Waals surface area contributed by atoms with Gasteiger partial charge in [-0.2, -0.15) is 0 Å². The Hall–Kier alpha value is -3.95. The van der Waals surface area contributed by atoms with Gasteiger partial charge in [0.15, 0.2) is 17.2 Å². The molecule has 0 saturated heterocycles. The first-order chi connectivity index (χ1) is 13.8. The number of Topliss-reactive ketones (excluding diaryl/α,β-unsaturated/α-hetero) is 1. The number of rotatable bonds is 5. The summed E-state index contributed by atoms with van der Waals surface area (Å²) in [7, 11) is 0. The van der Waals surface area contributed by atoms with Gasteiger partial charge in [-0.3, -0.25) is 24.0 Å². The van der Waals surface area contributed by atoms with E-state index in [0.29, 0.717) is 22.8 Å². The number of aromatic nitrogens is 3. The van der Waals surface area contributed by atoms with Gasteiger partial charge in [-0.15, -0.1) is 0 Å². The lowest BCUT2D eigenvalue weighted by Gasteiger charge is -2.05. The third kappa shape index (κ3) is 3.04. The van der Waals surface area contributed by atoms with Gasteiger partial charge >= 0.3 is 5.76 Å². The van der Waals surface area contributed by atoms with Crippen LogP contribution in [0.25, 0.3) is 16.9 Å². The van der Waals surface area contributed by atoms with E-state index >= 15 is 0 Å². The van der Waals surface area contributed by atoms with Crippen molar-refractivity contribution >= 4 is 22.6 Å². The fourth-order valence-corrected chi connectivity index (χ4v) is 3.40. The summed E-state index contributed by atoms with van der Waals surface area (Å²) in [6.45, 7) is 5.06. The van der Waals surface area contributed by atoms with Gasteiger partial charge < -0.3 is 8.94 Å². The predicted octanol–water partition coefficient (Wildman–Crippen LogP) is 3.09. The van der Waals surface area contributed by atoms with E-state index in [9.17, 15) is 19.7 Å². The molecule has 0 spiro atoms. The number of hydrogen-bond acceptors (Lipinski definition) is 7. The van der Waals surface area contributed by atoms with Crippen molar-refractivity contribution in [3.05, 3.63) is 73.7 Å². The first-order valence-electron chi connectivity index (χ1n) is 8.70. The third-order valence-corrected chi connectivity index (χ3v) is 4.74. The van der Waals surface area contributed by atoms with Crippen LogP contribution in [0.4, 0.5) is 5.69 Å². The van der Waals surface area contributed by atoms with Crippen molar-refractivity contribution in [3.8, 4) is 5.82 Å². The zero-order chi connectivity index (χ0) is 20.9. The van der Waals surface area contributed by atoms with Crippen molar-refractivity contribution in [1.82, 2.24) is 14.3 Å². The van der Waals surface area contributed by atoms with Crippen molar-refractivity contribution in [2.45, 2.75) is 27.3 Å². The zero-order valence-electron chi connectivity index (χ0n) is 15.8. The molecule has 0 fully saturated rings. The highest BCUT2D eigenvalue weighted by Crippen LogP contribution is 2.23. The van der Waals surface area contributed by atoms with Crippen LogP contribution in [0.2, 0.25) is 0 Å². The van der Waals surface area contributed by atoms with E-state index in [1.165, 1.54) is 18.2 Å². The number of hydrogen-bond donors (Lipinski definition) is 0. The first-order valence-corrected chi connectivity index (χ1v) is 8.70. The summed E-state index contributed by atoms with van der Waals surface area (Å²) in [6.07, 6.45) is 0. The molecule has 148 valence electrons. The van der Waals surface area contributed by atoms with Gasteiger partial charge in [-0.25, -0.2) is 4.79 Å². The molecular weight excluding hydrogens is 380 g/mol. The Morgan fingerprint density at radius 2 is 1.97 bits per heavy atom. The average molecular weight is 396 g/mol. The van der Waals surface area contributed by atoms with Crippen LogP contribution in [0.3, 0.4) is 0 Å². The Kier molecular flexibility index (Phi) is 4.18. The van der Waals surface area contributed by atoms with Crippen molar-refractivity contribution in [2.24, 2.45) is 0 Å². The summed E-state index contributed by atoms with van der Waals surface area (Å²) in [5, 5.41) is 15.0. The molecule has 1 aromatic carbocycles. The summed E-state index contributed by atoms with van der Waals surface area (Å²) in [5.41, 5.74) is 2.01. The Bertz CT molecular complexity index is 1340. The van der Waals surface area contributed by atoms with E-state index < -0.39 is 10.7 Å². The number of oxazole rings is 1. The highest BCUT2D eigenvalue weighted by Gasteiger charge is 2.21. The van der Waals surface area contributed by atoms with Crippen LogP contribution in [0.15, 0.2) is 44.1 Å². The van der Waals surface area contributed by atoms with E-state index in [1.54, 1.807) is 30.5 Å². The minimum atomic E-state index is -0.755. The molecular formula is C19H16N4O6. The smallest absolute Gasteiger partial charge is 0.408 e. The fraction of sp³-hybridized carbons (Fsp3) is 0.211. The van der Waals surface area contributed by atoms with Gasteiger partial charge in [-0.1, -0.05) is 5.16 Å². The molecule has 10 heteroatoms. The lowest BCUT2D eigenvalue weighted by molar-refractivity contribution is -0.384. The molecule has 3 heterocycles. The second-order valence-electron chi connectivity index (χ2n) is 6.70. The number of nitro groups is 1. The van der Waals surface area contributed by atoms with Crippen LogP contribution < -0.4 is 5.76 Å². The average Bonchev–Trinajstić information content (AvgIpc) is 3.31. The standard InChI is InChI=1S/C19H16N4O6/c1-10-6-14(12(3)22(10)18-7-11(2)29-20-18)16(24)9-21-15-8-13(23(26)27)4-5-17(15)28-19(21)25/h4-8H,9H2,1-3H3. The molecule has 4 aromatic rings. The van der Waals surface area contributed by atoms with E-state index in [-0.39, 0.29) is 29.1 Å². The van der Waals surface area contributed by atoms with Gasteiger partial charge in [0.05, 0.1) is 17.0 Å². The summed E-state index contributed by atoms with van der Waals surface area (Å²) in [6, 6.07) is 7.26. The molecule has 29 heavy (non-hydrogen) atoms. The van der Waals surface area contributed by atoms with Crippen LogP contribution in [-0.4, -0.2) is 25.0 Å². The van der Waals surface area contributed by atoms with Crippen molar-refractivity contribution in [3.63, 3.8) is 0 Å². The van der Waals surface area contributed by atoms with E-state index in [1.807, 2.05) is 6.92 Å². The van der Waals surface area contributed by atoms with Gasteiger partial charge in [0, 0.05) is 35.2 Å². The third-order valence-electron chi connectivity index (χ3n) is 4.74. The molecule has 0 unspecified atom stereocenters. The number of nitro benzene ring substituents is 1. The SMILES string of the molecule is Cc1cc(-n2c(C)cc(C(=O)Cn3c(=O)oc4ccc([N+](=O)[O-])cc43)c2C)no1. The lowest BCUT2D eigenvalue weighted by atomic mass is 10.1. The normalized spacial score (nSPS) is 11.3. The monoisotopic (exact) mass is 396 g/mol. The number of benzene rings is 1. The van der Waals surface area contributed by atoms with Crippen LogP contribution in [0.1, 0.15) is 27.5 Å². The van der Waals surface area contributed by atoms with Crippen LogP contribution in [-0.2, 0) is 6.54 Å². The molecule has 0 N–H and O–H groups in total. The number of non-ortho nitro benzene ring substituents is 1. The van der Waals surface area contributed by atoms with Gasteiger partial charge in [0.25, 0.3) is 5.69 Å². The molecule has 10 nitrogen and oxygen atoms in total. The summed E-state index contributed by atoms with van der Waals surface area (Å²) in [5.74, 6) is 0.104. The maximum Gasteiger partial charge on any atom is 0.420 e. The molecule has 0 radical (unpaired) electrons. The van der Waals surface area contributed by atoms with Crippen molar-refractivity contribution in [1.29, 1.82) is 0 Å². The predicted molar refractivity (Wildman–Crippen MR) is 101 cm³/mol. The van der Waals surface area contributed by atoms with Gasteiger partial charge in [0.2, 0.25) is 0 Å². The molecule has 3 aromatic heterocycles. The number of carbonyl (C=O) groups excluding carboxylic acids is 1. The van der Waals surface area contributed by atoms with Gasteiger partial charge in [0.1, 0.15) is 5.76 Å². The van der Waals surface area contributed by atoms with E-state index in [4.69, 9.17) is 8.94 Å². The number of fused-ring (bicyclic) bond motifs is 1. The fourth-order valence-electron chi connectivity index (χ4n) is 3.40. The lowest BCUT2D eigenvalue weighted by Crippen LogP contribution is -2.20. The molecule has 0 saturated carbocycles. The topological polar surface area (TPSA) is 126 Å². The van der Waals surface area contributed by atoms with E-state index in [2.05, 4.69) is 5.16 Å². The summed E-state index contributed by atoms with van der Waals surface area (Å²) < 4.78 is 13.1. The zero-order valence-corrected chi connectivity index (χ0v) is 15.8. The van der Waals surface area contributed by atoms with E-state index in [0.717, 1.165) is 10.3 Å². The van der Waals surface area contributed by atoms with Crippen molar-refractivity contribution < 1.29 is 18.7 Å². The second-order valence-corrected chi connectivity index (χ2v) is 6.70. The number of carbonyl (C=O) groups is 1. The van der Waals surface area contributed by atoms with Crippen LogP contribution >= 0.6 is 0 Å². The Balaban J connectivity index is 1.74. The maximum atomic E-state index is 13.0. The number of ketones is 1. The minimum absolute atomic E-state index is 0.178. The summed E-state index contributed by atoms with van der Waals surface area (Å²) in [4.78, 5) is 35.6. The second kappa shape index (κ2) is 6.59. The molecule has 0 aliphatic rings. The Labute approximate surface area is 163 Å². The van der Waals surface area contributed by atoms with Gasteiger partial charge in [-0.05, 0) is 32.9 Å². The molecule has 0 amide bonds.